The molecular weight excluding hydrogens is 296 g/mol. The second-order valence-corrected chi connectivity index (χ2v) is 5.48. The Morgan fingerprint density at radius 2 is 2.06 bits per heavy atom. The molecule has 1 aromatic carbocycles. The third-order valence-electron chi connectivity index (χ3n) is 2.58. The Balaban J connectivity index is 2.94. The van der Waals surface area contributed by atoms with Gasteiger partial charge in [0.05, 0.1) is 17.9 Å². The fraction of sp³-hybridized carbons (Fsp3) is 0.429. The van der Waals surface area contributed by atoms with Gasteiger partial charge >= 0.3 is 5.97 Å². The van der Waals surface area contributed by atoms with Crippen molar-refractivity contribution in [2.24, 2.45) is 0 Å². The Bertz CT molecular complexity index is 452. The normalized spacial score (nSPS) is 12.0. The number of rotatable bonds is 5. The zero-order valence-corrected chi connectivity index (χ0v) is 12.4. The Kier molecular flexibility index (Phi) is 5.54. The van der Waals surface area contributed by atoms with E-state index in [1.54, 1.807) is 19.9 Å². The van der Waals surface area contributed by atoms with Crippen molar-refractivity contribution in [2.45, 2.75) is 32.0 Å². The molecule has 0 aliphatic heterocycles. The zero-order valence-electron chi connectivity index (χ0n) is 10.8. The molecule has 0 aromatic heterocycles. The molecule has 0 saturated heterocycles. The summed E-state index contributed by atoms with van der Waals surface area (Å²) in [6.07, 6.45) is 0.199. The van der Waals surface area contributed by atoms with Crippen molar-refractivity contribution >= 4 is 27.7 Å². The highest BCUT2D eigenvalue weighted by molar-refractivity contribution is 9.10. The highest BCUT2D eigenvalue weighted by Crippen LogP contribution is 2.17. The maximum absolute atomic E-state index is 12.0. The summed E-state index contributed by atoms with van der Waals surface area (Å²) >= 11 is 3.27. The van der Waals surface area contributed by atoms with Crippen molar-refractivity contribution in [2.75, 3.05) is 6.61 Å². The van der Waals surface area contributed by atoms with Gasteiger partial charge in [-0.3, -0.25) is 9.59 Å². The summed E-state index contributed by atoms with van der Waals surface area (Å²) in [6.45, 7) is 5.82. The third-order valence-corrected chi connectivity index (χ3v) is 3.00. The summed E-state index contributed by atoms with van der Waals surface area (Å²) in [6, 6.07) is 5.48. The van der Waals surface area contributed by atoms with Crippen LogP contribution in [0.2, 0.25) is 0 Å². The summed E-state index contributed by atoms with van der Waals surface area (Å²) in [5.74, 6) is -0.246. The highest BCUT2D eigenvalue weighted by atomic mass is 79.9. The molecule has 1 aromatic rings. The van der Waals surface area contributed by atoms with Crippen LogP contribution in [0.3, 0.4) is 0 Å². The van der Waals surface area contributed by atoms with Crippen molar-refractivity contribution in [3.05, 3.63) is 34.9 Å². The number of hydrogen-bond acceptors (Lipinski definition) is 3. The van der Waals surface area contributed by atoms with Gasteiger partial charge in [0, 0.05) is 5.56 Å². The number of Topliss-reactive ketones (excluding diaryl/α,β-unsaturated/α-hetero) is 1. The van der Waals surface area contributed by atoms with Gasteiger partial charge in [-0.1, -0.05) is 28.1 Å². The molecule has 0 aliphatic carbocycles. The molecule has 0 amide bonds. The predicted octanol–water partition coefficient (Wildman–Crippen LogP) is 3.07. The van der Waals surface area contributed by atoms with Gasteiger partial charge in [0.15, 0.2) is 5.78 Å². The van der Waals surface area contributed by atoms with E-state index in [0.717, 1.165) is 11.1 Å². The van der Waals surface area contributed by atoms with Crippen LogP contribution in [-0.4, -0.2) is 23.2 Å². The van der Waals surface area contributed by atoms with E-state index in [1.807, 2.05) is 19.1 Å². The average Bonchev–Trinajstić information content (AvgIpc) is 2.31. The van der Waals surface area contributed by atoms with E-state index in [1.165, 1.54) is 0 Å². The minimum absolute atomic E-state index is 0.0261. The molecule has 4 heteroatoms. The first-order valence-electron chi connectivity index (χ1n) is 5.89. The van der Waals surface area contributed by atoms with Gasteiger partial charge in [-0.05, 0) is 38.0 Å². The zero-order chi connectivity index (χ0) is 13.7. The molecular formula is C14H17BrO3. The molecule has 0 N–H and O–H groups in total. The van der Waals surface area contributed by atoms with Crippen molar-refractivity contribution < 1.29 is 14.3 Å². The van der Waals surface area contributed by atoms with Crippen molar-refractivity contribution in [3.63, 3.8) is 0 Å². The maximum atomic E-state index is 12.0. The molecule has 3 nitrogen and oxygen atoms in total. The van der Waals surface area contributed by atoms with E-state index in [4.69, 9.17) is 4.74 Å². The van der Waals surface area contributed by atoms with E-state index in [-0.39, 0.29) is 23.0 Å². The summed E-state index contributed by atoms with van der Waals surface area (Å²) < 4.78 is 4.89. The molecule has 0 heterocycles. The molecule has 0 radical (unpaired) electrons. The van der Waals surface area contributed by atoms with E-state index in [9.17, 15) is 9.59 Å². The van der Waals surface area contributed by atoms with Gasteiger partial charge in [-0.15, -0.1) is 0 Å². The van der Waals surface area contributed by atoms with Gasteiger partial charge in [-0.25, -0.2) is 0 Å². The Labute approximate surface area is 116 Å². The number of carbonyl (C=O) groups excluding carboxylic acids is 2. The molecule has 0 fully saturated rings. The van der Waals surface area contributed by atoms with Crippen LogP contribution in [0.15, 0.2) is 18.2 Å². The Morgan fingerprint density at radius 3 is 2.61 bits per heavy atom. The Hall–Kier alpha value is -1.16. The maximum Gasteiger partial charge on any atom is 0.310 e. The van der Waals surface area contributed by atoms with Crippen LogP contribution < -0.4 is 0 Å². The van der Waals surface area contributed by atoms with Gasteiger partial charge in [0.2, 0.25) is 0 Å². The number of halogens is 1. The van der Waals surface area contributed by atoms with E-state index in [0.29, 0.717) is 12.2 Å². The first kappa shape index (κ1) is 14.9. The van der Waals surface area contributed by atoms with Gasteiger partial charge < -0.3 is 4.74 Å². The minimum atomic E-state index is -0.272. The monoisotopic (exact) mass is 312 g/mol. The van der Waals surface area contributed by atoms with Gasteiger partial charge in [0.25, 0.3) is 0 Å². The molecule has 0 bridgehead atoms. The van der Waals surface area contributed by atoms with Crippen molar-refractivity contribution in [1.82, 2.24) is 0 Å². The number of carbonyl (C=O) groups is 2. The van der Waals surface area contributed by atoms with Crippen LogP contribution >= 0.6 is 15.9 Å². The van der Waals surface area contributed by atoms with Crippen molar-refractivity contribution in [3.8, 4) is 0 Å². The lowest BCUT2D eigenvalue weighted by Crippen LogP contribution is -2.13. The second-order valence-electron chi connectivity index (χ2n) is 4.11. The number of ketones is 1. The van der Waals surface area contributed by atoms with Crippen LogP contribution in [0.1, 0.15) is 35.3 Å². The SMILES string of the molecule is CCOC(=O)Cc1ccc(C)c(C(=O)C(C)Br)c1. The second kappa shape index (κ2) is 6.69. The highest BCUT2D eigenvalue weighted by Gasteiger charge is 2.15. The molecule has 1 atom stereocenters. The van der Waals surface area contributed by atoms with Gasteiger partial charge in [-0.2, -0.15) is 0 Å². The first-order valence-corrected chi connectivity index (χ1v) is 6.80. The van der Waals surface area contributed by atoms with E-state index in [2.05, 4.69) is 15.9 Å². The topological polar surface area (TPSA) is 43.4 Å². The smallest absolute Gasteiger partial charge is 0.310 e. The molecule has 0 saturated carbocycles. The quantitative estimate of drug-likeness (QED) is 0.477. The molecule has 1 rings (SSSR count). The number of benzene rings is 1. The third kappa shape index (κ3) is 3.95. The summed E-state index contributed by atoms with van der Waals surface area (Å²) in [5, 5.41) is 0. The number of aryl methyl sites for hydroxylation is 1. The molecule has 1 unspecified atom stereocenters. The summed E-state index contributed by atoms with van der Waals surface area (Å²) in [4.78, 5) is 23.1. The molecule has 0 spiro atoms. The van der Waals surface area contributed by atoms with Crippen LogP contribution in [-0.2, 0) is 16.0 Å². The van der Waals surface area contributed by atoms with Crippen LogP contribution in [0.5, 0.6) is 0 Å². The predicted molar refractivity (Wildman–Crippen MR) is 74.2 cm³/mol. The Morgan fingerprint density at radius 1 is 1.39 bits per heavy atom. The summed E-state index contributed by atoms with van der Waals surface area (Å²) in [7, 11) is 0. The minimum Gasteiger partial charge on any atom is -0.466 e. The number of esters is 1. The van der Waals surface area contributed by atoms with Crippen LogP contribution in [0, 0.1) is 6.92 Å². The lowest BCUT2D eigenvalue weighted by atomic mass is 9.99. The lowest BCUT2D eigenvalue weighted by Gasteiger charge is -2.09. The fourth-order valence-corrected chi connectivity index (χ4v) is 1.88. The lowest BCUT2D eigenvalue weighted by molar-refractivity contribution is -0.142. The largest absolute Gasteiger partial charge is 0.466 e. The molecule has 98 valence electrons. The van der Waals surface area contributed by atoms with Crippen LogP contribution in [0.4, 0.5) is 0 Å². The van der Waals surface area contributed by atoms with Crippen LogP contribution in [0.25, 0.3) is 0 Å². The van der Waals surface area contributed by atoms with E-state index < -0.39 is 0 Å². The standard InChI is InChI=1S/C14H17BrO3/c1-4-18-13(16)8-11-6-5-9(2)12(7-11)14(17)10(3)15/h5-7,10H,4,8H2,1-3H3. The fourth-order valence-electron chi connectivity index (χ4n) is 1.64. The number of hydrogen-bond donors (Lipinski definition) is 0. The van der Waals surface area contributed by atoms with Crippen molar-refractivity contribution in [1.29, 1.82) is 0 Å². The van der Waals surface area contributed by atoms with Gasteiger partial charge in [0.1, 0.15) is 0 Å². The number of ether oxygens (including phenoxy) is 1. The summed E-state index contributed by atoms with van der Waals surface area (Å²) in [5.41, 5.74) is 2.37. The number of alkyl halides is 1. The molecule has 0 aliphatic rings. The molecule has 18 heavy (non-hydrogen) atoms. The van der Waals surface area contributed by atoms with E-state index >= 15 is 0 Å². The first-order chi connectivity index (χ1) is 8.45. The average molecular weight is 313 g/mol.